The molecule has 3 rings (SSSR count). The molecule has 0 spiro atoms. The van der Waals surface area contributed by atoms with Gasteiger partial charge in [0.15, 0.2) is 0 Å². The van der Waals surface area contributed by atoms with E-state index in [2.05, 4.69) is 20.9 Å². The number of benzene rings is 2. The van der Waals surface area contributed by atoms with Crippen LogP contribution in [0.15, 0.2) is 53.4 Å². The Morgan fingerprint density at radius 2 is 2.00 bits per heavy atom. The molecule has 3 aromatic rings. The number of imidazole rings is 1. The summed E-state index contributed by atoms with van der Waals surface area (Å²) < 4.78 is 28.7. The number of aromatic nitrogens is 2. The van der Waals surface area contributed by atoms with Gasteiger partial charge in [0.2, 0.25) is 16.0 Å². The summed E-state index contributed by atoms with van der Waals surface area (Å²) in [5.41, 5.74) is 1.91. The van der Waals surface area contributed by atoms with Crippen LogP contribution in [0.3, 0.4) is 0 Å². The van der Waals surface area contributed by atoms with Gasteiger partial charge in [0, 0.05) is 12.1 Å². The topological polar surface area (TPSA) is 93.1 Å². The van der Waals surface area contributed by atoms with Crippen molar-refractivity contribution in [1.29, 1.82) is 0 Å². The number of hydrogen-bond acceptors (Lipinski definition) is 4. The Hall–Kier alpha value is -3.15. The first-order valence-corrected chi connectivity index (χ1v) is 10.2. The average Bonchev–Trinajstić information content (AvgIpc) is 3.04. The summed E-state index contributed by atoms with van der Waals surface area (Å²) in [7, 11) is -3.78. The van der Waals surface area contributed by atoms with Crippen molar-refractivity contribution in [2.45, 2.75) is 24.8 Å². The van der Waals surface area contributed by atoms with E-state index in [-0.39, 0.29) is 17.0 Å². The number of anilines is 1. The average molecular weight is 396 g/mol. The number of nitrogens with zero attached hydrogens (tertiary/aromatic N) is 2. The Morgan fingerprint density at radius 1 is 1.21 bits per heavy atom. The number of terminal acetylenes is 1. The maximum Gasteiger partial charge on any atom is 0.258 e. The minimum atomic E-state index is -3.78. The van der Waals surface area contributed by atoms with Gasteiger partial charge in [-0.1, -0.05) is 31.0 Å². The maximum atomic E-state index is 12.7. The lowest BCUT2D eigenvalue weighted by Gasteiger charge is -2.10. The number of fused-ring (bicyclic) bond motifs is 1. The fourth-order valence-electron chi connectivity index (χ4n) is 2.82. The number of amides is 1. The van der Waals surface area contributed by atoms with Crippen molar-refractivity contribution in [3.8, 4) is 12.3 Å². The lowest BCUT2D eigenvalue weighted by atomic mass is 10.2. The Bertz CT molecular complexity index is 1160. The summed E-state index contributed by atoms with van der Waals surface area (Å²) >= 11 is 0. The van der Waals surface area contributed by atoms with Crippen LogP contribution in [0.25, 0.3) is 11.0 Å². The molecule has 0 aliphatic rings. The van der Waals surface area contributed by atoms with E-state index in [1.807, 2.05) is 35.8 Å². The molecule has 2 aromatic carbocycles. The van der Waals surface area contributed by atoms with E-state index < -0.39 is 15.9 Å². The van der Waals surface area contributed by atoms with Gasteiger partial charge in [0.1, 0.15) is 0 Å². The van der Waals surface area contributed by atoms with E-state index in [0.717, 1.165) is 17.5 Å². The van der Waals surface area contributed by atoms with Gasteiger partial charge in [-0.25, -0.2) is 13.4 Å². The molecule has 0 saturated carbocycles. The second-order valence-electron chi connectivity index (χ2n) is 6.09. The normalized spacial score (nSPS) is 11.3. The SMILES string of the molecule is C#CCNS(=O)(=O)c1cccc(C(=O)Nc2nc3ccccc3n2CCC)c1. The first-order valence-electron chi connectivity index (χ1n) is 8.76. The van der Waals surface area contributed by atoms with E-state index in [0.29, 0.717) is 12.5 Å². The molecule has 1 amide bonds. The van der Waals surface area contributed by atoms with E-state index in [1.165, 1.54) is 18.2 Å². The number of rotatable bonds is 7. The van der Waals surface area contributed by atoms with Gasteiger partial charge in [-0.2, -0.15) is 4.72 Å². The summed E-state index contributed by atoms with van der Waals surface area (Å²) in [5.74, 6) is 2.19. The summed E-state index contributed by atoms with van der Waals surface area (Å²) in [6.07, 6.45) is 5.97. The lowest BCUT2D eigenvalue weighted by molar-refractivity contribution is 0.102. The van der Waals surface area contributed by atoms with Crippen LogP contribution >= 0.6 is 0 Å². The van der Waals surface area contributed by atoms with Crippen molar-refractivity contribution in [2.75, 3.05) is 11.9 Å². The molecule has 144 valence electrons. The zero-order valence-corrected chi connectivity index (χ0v) is 16.2. The van der Waals surface area contributed by atoms with Gasteiger partial charge >= 0.3 is 0 Å². The number of nitrogens with one attached hydrogen (secondary N) is 2. The molecule has 0 fully saturated rings. The lowest BCUT2D eigenvalue weighted by Crippen LogP contribution is -2.24. The number of para-hydroxylation sites is 2. The standard InChI is InChI=1S/C20H20N4O3S/c1-3-12-21-28(26,27)16-9-7-8-15(14-16)19(25)23-20-22-17-10-5-6-11-18(17)24(20)13-4-2/h1,5-11,14,21H,4,12-13H2,2H3,(H,22,23,25). The molecule has 0 bridgehead atoms. The molecule has 28 heavy (non-hydrogen) atoms. The number of carbonyl (C=O) groups is 1. The first-order chi connectivity index (χ1) is 13.5. The van der Waals surface area contributed by atoms with Crippen molar-refractivity contribution < 1.29 is 13.2 Å². The second kappa shape index (κ2) is 8.25. The second-order valence-corrected chi connectivity index (χ2v) is 7.85. The fraction of sp³-hybridized carbons (Fsp3) is 0.200. The number of aryl methyl sites for hydroxylation is 1. The van der Waals surface area contributed by atoms with Crippen LogP contribution in [0.1, 0.15) is 23.7 Å². The molecule has 7 nitrogen and oxygen atoms in total. The molecular formula is C20H20N4O3S. The van der Waals surface area contributed by atoms with Gasteiger partial charge in [0.25, 0.3) is 5.91 Å². The summed E-state index contributed by atoms with van der Waals surface area (Å²) in [4.78, 5) is 17.2. The largest absolute Gasteiger partial charge is 0.310 e. The minimum Gasteiger partial charge on any atom is -0.310 e. The quantitative estimate of drug-likeness (QED) is 0.601. The van der Waals surface area contributed by atoms with Gasteiger partial charge in [-0.05, 0) is 36.8 Å². The fourth-order valence-corrected chi connectivity index (χ4v) is 3.80. The van der Waals surface area contributed by atoms with Crippen LogP contribution in [0.2, 0.25) is 0 Å². The van der Waals surface area contributed by atoms with Crippen LogP contribution in [0, 0.1) is 12.3 Å². The highest BCUT2D eigenvalue weighted by atomic mass is 32.2. The predicted molar refractivity (Wildman–Crippen MR) is 108 cm³/mol. The third kappa shape index (κ3) is 4.06. The smallest absolute Gasteiger partial charge is 0.258 e. The molecule has 0 unspecified atom stereocenters. The van der Waals surface area contributed by atoms with Crippen molar-refractivity contribution in [1.82, 2.24) is 14.3 Å². The zero-order valence-electron chi connectivity index (χ0n) is 15.3. The monoisotopic (exact) mass is 396 g/mol. The van der Waals surface area contributed by atoms with Crippen LogP contribution in [-0.2, 0) is 16.6 Å². The third-order valence-corrected chi connectivity index (χ3v) is 5.50. The van der Waals surface area contributed by atoms with Crippen LogP contribution in [0.4, 0.5) is 5.95 Å². The van der Waals surface area contributed by atoms with Gasteiger partial charge in [-0.15, -0.1) is 6.42 Å². The van der Waals surface area contributed by atoms with Crippen molar-refractivity contribution in [2.24, 2.45) is 0 Å². The highest BCUT2D eigenvalue weighted by Crippen LogP contribution is 2.21. The third-order valence-electron chi connectivity index (χ3n) is 4.10. The number of hydrogen-bond donors (Lipinski definition) is 2. The minimum absolute atomic E-state index is 0.0301. The molecule has 0 atom stereocenters. The van der Waals surface area contributed by atoms with Crippen molar-refractivity contribution in [3.63, 3.8) is 0 Å². The molecule has 0 aliphatic heterocycles. The molecule has 0 aliphatic carbocycles. The highest BCUT2D eigenvalue weighted by molar-refractivity contribution is 7.89. The first kappa shape index (κ1) is 19.6. The Kier molecular flexibility index (Phi) is 5.78. The molecule has 1 aromatic heterocycles. The van der Waals surface area contributed by atoms with Gasteiger partial charge in [-0.3, -0.25) is 10.1 Å². The Morgan fingerprint density at radius 3 is 2.75 bits per heavy atom. The van der Waals surface area contributed by atoms with E-state index in [1.54, 1.807) is 6.07 Å². The number of sulfonamides is 1. The highest BCUT2D eigenvalue weighted by Gasteiger charge is 2.17. The zero-order chi connectivity index (χ0) is 20.1. The molecule has 0 saturated heterocycles. The molecular weight excluding hydrogens is 376 g/mol. The molecule has 0 radical (unpaired) electrons. The summed E-state index contributed by atoms with van der Waals surface area (Å²) in [5, 5.41) is 2.79. The molecule has 8 heteroatoms. The van der Waals surface area contributed by atoms with Crippen molar-refractivity contribution >= 4 is 32.9 Å². The predicted octanol–water partition coefficient (Wildman–Crippen LogP) is 2.61. The Balaban J connectivity index is 1.90. The van der Waals surface area contributed by atoms with Gasteiger partial charge < -0.3 is 4.57 Å². The van der Waals surface area contributed by atoms with Crippen molar-refractivity contribution in [3.05, 3.63) is 54.1 Å². The maximum absolute atomic E-state index is 12.7. The number of carbonyl (C=O) groups excluding carboxylic acids is 1. The van der Waals surface area contributed by atoms with Gasteiger partial charge in [0.05, 0.1) is 22.5 Å². The van der Waals surface area contributed by atoms with Crippen LogP contribution in [-0.4, -0.2) is 30.4 Å². The van der Waals surface area contributed by atoms with E-state index >= 15 is 0 Å². The summed E-state index contributed by atoms with van der Waals surface area (Å²) in [6.45, 7) is 2.61. The summed E-state index contributed by atoms with van der Waals surface area (Å²) in [6, 6.07) is 13.4. The van der Waals surface area contributed by atoms with E-state index in [4.69, 9.17) is 6.42 Å². The van der Waals surface area contributed by atoms with Crippen LogP contribution in [0.5, 0.6) is 0 Å². The van der Waals surface area contributed by atoms with Crippen LogP contribution < -0.4 is 10.0 Å². The molecule has 1 heterocycles. The molecule has 2 N–H and O–H groups in total. The Labute approximate surface area is 163 Å². The van der Waals surface area contributed by atoms with E-state index in [9.17, 15) is 13.2 Å².